The zero-order valence-electron chi connectivity index (χ0n) is 16.6. The van der Waals surface area contributed by atoms with Gasteiger partial charge in [0.2, 0.25) is 5.91 Å². The van der Waals surface area contributed by atoms with Gasteiger partial charge in [-0.2, -0.15) is 0 Å². The Morgan fingerprint density at radius 2 is 1.37 bits per heavy atom. The van der Waals surface area contributed by atoms with Crippen molar-refractivity contribution in [1.29, 1.82) is 0 Å². The molecule has 2 amide bonds. The van der Waals surface area contributed by atoms with Crippen molar-refractivity contribution >= 4 is 11.8 Å². The van der Waals surface area contributed by atoms with Crippen molar-refractivity contribution in [1.82, 2.24) is 15.6 Å². The molecular weight excluding hydrogens is 378 g/mol. The quantitative estimate of drug-likeness (QED) is 0.511. The second kappa shape index (κ2) is 10.9. The first-order valence-electron chi connectivity index (χ1n) is 9.85. The van der Waals surface area contributed by atoms with Crippen molar-refractivity contribution < 1.29 is 14.7 Å². The molecule has 3 aromatic rings. The molecule has 0 aliphatic rings. The van der Waals surface area contributed by atoms with Gasteiger partial charge < -0.3 is 15.7 Å². The summed E-state index contributed by atoms with van der Waals surface area (Å²) in [4.78, 5) is 29.6. The van der Waals surface area contributed by atoms with Crippen LogP contribution in [0.25, 0.3) is 0 Å². The molecule has 0 aliphatic carbocycles. The molecule has 3 rings (SSSR count). The summed E-state index contributed by atoms with van der Waals surface area (Å²) >= 11 is 0. The molecule has 0 bridgehead atoms. The summed E-state index contributed by atoms with van der Waals surface area (Å²) in [5.74, 6) is -0.687. The van der Waals surface area contributed by atoms with Crippen LogP contribution in [0.4, 0.5) is 0 Å². The molecule has 6 nitrogen and oxygen atoms in total. The normalized spacial score (nSPS) is 12.6. The predicted molar refractivity (Wildman–Crippen MR) is 115 cm³/mol. The van der Waals surface area contributed by atoms with Crippen LogP contribution in [0.1, 0.15) is 21.5 Å². The van der Waals surface area contributed by atoms with Crippen LogP contribution in [-0.4, -0.2) is 40.6 Å². The predicted octanol–water partition coefficient (Wildman–Crippen LogP) is 2.14. The molecule has 0 unspecified atom stereocenters. The van der Waals surface area contributed by atoms with Gasteiger partial charge in [0.25, 0.3) is 5.91 Å². The Kier molecular flexibility index (Phi) is 7.69. The van der Waals surface area contributed by atoms with E-state index in [4.69, 9.17) is 0 Å². The number of aromatic nitrogens is 1. The number of nitrogens with zero attached hydrogens (tertiary/aromatic N) is 1. The van der Waals surface area contributed by atoms with Crippen molar-refractivity contribution in [3.05, 3.63) is 102 Å². The Labute approximate surface area is 176 Å². The van der Waals surface area contributed by atoms with Gasteiger partial charge in [0, 0.05) is 24.4 Å². The van der Waals surface area contributed by atoms with Crippen LogP contribution < -0.4 is 10.6 Å². The second-order valence-electron chi connectivity index (χ2n) is 7.03. The van der Waals surface area contributed by atoms with Gasteiger partial charge in [0.1, 0.15) is 6.04 Å². The summed E-state index contributed by atoms with van der Waals surface area (Å²) in [5.41, 5.74) is 2.37. The second-order valence-corrected chi connectivity index (χ2v) is 7.03. The van der Waals surface area contributed by atoms with Gasteiger partial charge in [-0.3, -0.25) is 14.6 Å². The summed E-state index contributed by atoms with van der Waals surface area (Å²) in [5, 5.41) is 15.4. The number of amides is 2. The summed E-state index contributed by atoms with van der Waals surface area (Å²) in [7, 11) is 0. The van der Waals surface area contributed by atoms with Gasteiger partial charge >= 0.3 is 0 Å². The SMILES string of the molecule is O=C(N[C@@H](Cc1ccccc1)C(=O)N[C@H](CO)Cc1ccccc1)c1ccncc1. The van der Waals surface area contributed by atoms with Gasteiger partial charge in [-0.15, -0.1) is 0 Å². The van der Waals surface area contributed by atoms with E-state index in [-0.39, 0.29) is 18.4 Å². The monoisotopic (exact) mass is 403 g/mol. The summed E-state index contributed by atoms with van der Waals surface area (Å²) in [6.07, 6.45) is 3.90. The lowest BCUT2D eigenvalue weighted by Gasteiger charge is -2.23. The number of rotatable bonds is 9. The number of nitrogens with one attached hydrogen (secondary N) is 2. The van der Waals surface area contributed by atoms with E-state index >= 15 is 0 Å². The average Bonchev–Trinajstić information content (AvgIpc) is 2.80. The highest BCUT2D eigenvalue weighted by molar-refractivity contribution is 5.97. The molecule has 0 saturated carbocycles. The van der Waals surface area contributed by atoms with E-state index in [1.54, 1.807) is 12.1 Å². The maximum Gasteiger partial charge on any atom is 0.252 e. The standard InChI is InChI=1S/C24H25N3O3/c28-17-21(15-18-7-3-1-4-8-18)26-24(30)22(16-19-9-5-2-6-10-19)27-23(29)20-11-13-25-14-12-20/h1-14,21-22,28H,15-17H2,(H,26,30)(H,27,29)/t21-,22-/m0/s1. The van der Waals surface area contributed by atoms with Gasteiger partial charge in [0.15, 0.2) is 0 Å². The lowest BCUT2D eigenvalue weighted by atomic mass is 10.0. The van der Waals surface area contributed by atoms with Crippen LogP contribution >= 0.6 is 0 Å². The Bertz CT molecular complexity index is 934. The molecule has 6 heteroatoms. The zero-order chi connectivity index (χ0) is 21.2. The van der Waals surface area contributed by atoms with Crippen LogP contribution in [0.5, 0.6) is 0 Å². The number of hydrogen-bond donors (Lipinski definition) is 3. The first-order valence-corrected chi connectivity index (χ1v) is 9.85. The fraction of sp³-hybridized carbons (Fsp3) is 0.208. The number of pyridine rings is 1. The molecule has 1 heterocycles. The summed E-state index contributed by atoms with van der Waals surface area (Å²) in [6, 6.07) is 21.1. The Balaban J connectivity index is 1.72. The molecule has 1 aromatic heterocycles. The van der Waals surface area contributed by atoms with E-state index < -0.39 is 12.1 Å². The minimum Gasteiger partial charge on any atom is -0.394 e. The molecular formula is C24H25N3O3. The van der Waals surface area contributed by atoms with Crippen molar-refractivity contribution in [2.24, 2.45) is 0 Å². The van der Waals surface area contributed by atoms with E-state index in [1.165, 1.54) is 12.4 Å². The highest BCUT2D eigenvalue weighted by Crippen LogP contribution is 2.07. The molecule has 3 N–H and O–H groups in total. The molecule has 154 valence electrons. The third kappa shape index (κ3) is 6.25. The number of hydrogen-bond acceptors (Lipinski definition) is 4. The summed E-state index contributed by atoms with van der Waals surface area (Å²) in [6.45, 7) is -0.197. The van der Waals surface area contributed by atoms with Crippen molar-refractivity contribution in [3.63, 3.8) is 0 Å². The van der Waals surface area contributed by atoms with Gasteiger partial charge in [-0.25, -0.2) is 0 Å². The highest BCUT2D eigenvalue weighted by atomic mass is 16.3. The molecule has 2 aromatic carbocycles. The average molecular weight is 403 g/mol. The van der Waals surface area contributed by atoms with Gasteiger partial charge in [0.05, 0.1) is 12.6 Å². The molecule has 0 radical (unpaired) electrons. The van der Waals surface area contributed by atoms with Crippen LogP contribution in [0.15, 0.2) is 85.2 Å². The third-order valence-corrected chi connectivity index (χ3v) is 4.74. The van der Waals surface area contributed by atoms with E-state index in [1.807, 2.05) is 60.7 Å². The molecule has 0 saturated heterocycles. The first-order chi connectivity index (χ1) is 14.7. The number of carbonyl (C=O) groups is 2. The third-order valence-electron chi connectivity index (χ3n) is 4.74. The van der Waals surface area contributed by atoms with Crippen LogP contribution in [-0.2, 0) is 17.6 Å². The van der Waals surface area contributed by atoms with Crippen molar-refractivity contribution in [2.75, 3.05) is 6.61 Å². The van der Waals surface area contributed by atoms with Crippen LogP contribution in [0, 0.1) is 0 Å². The van der Waals surface area contributed by atoms with Gasteiger partial charge in [-0.1, -0.05) is 60.7 Å². The Morgan fingerprint density at radius 1 is 0.800 bits per heavy atom. The molecule has 0 fully saturated rings. The molecule has 0 spiro atoms. The van der Waals surface area contributed by atoms with Gasteiger partial charge in [-0.05, 0) is 29.7 Å². The minimum atomic E-state index is -0.780. The number of benzene rings is 2. The van der Waals surface area contributed by atoms with E-state index in [0.29, 0.717) is 18.4 Å². The maximum absolute atomic E-state index is 13.0. The fourth-order valence-electron chi connectivity index (χ4n) is 3.17. The fourth-order valence-corrected chi connectivity index (χ4v) is 3.17. The largest absolute Gasteiger partial charge is 0.394 e. The van der Waals surface area contributed by atoms with E-state index in [9.17, 15) is 14.7 Å². The topological polar surface area (TPSA) is 91.3 Å². The lowest BCUT2D eigenvalue weighted by molar-refractivity contribution is -0.124. The highest BCUT2D eigenvalue weighted by Gasteiger charge is 2.24. The van der Waals surface area contributed by atoms with E-state index in [0.717, 1.165) is 11.1 Å². The van der Waals surface area contributed by atoms with Crippen LogP contribution in [0.3, 0.4) is 0 Å². The van der Waals surface area contributed by atoms with Crippen molar-refractivity contribution in [2.45, 2.75) is 24.9 Å². The van der Waals surface area contributed by atoms with Crippen molar-refractivity contribution in [3.8, 4) is 0 Å². The smallest absolute Gasteiger partial charge is 0.252 e. The maximum atomic E-state index is 13.0. The molecule has 30 heavy (non-hydrogen) atoms. The Morgan fingerprint density at radius 3 is 1.93 bits per heavy atom. The molecule has 2 atom stereocenters. The van der Waals surface area contributed by atoms with Crippen LogP contribution in [0.2, 0.25) is 0 Å². The minimum absolute atomic E-state index is 0.197. The number of aliphatic hydroxyl groups is 1. The Hall–Kier alpha value is -3.51. The molecule has 0 aliphatic heterocycles. The van der Waals surface area contributed by atoms with E-state index in [2.05, 4.69) is 15.6 Å². The number of aliphatic hydroxyl groups excluding tert-OH is 1. The summed E-state index contributed by atoms with van der Waals surface area (Å²) < 4.78 is 0. The lowest BCUT2D eigenvalue weighted by Crippen LogP contribution is -2.52. The number of carbonyl (C=O) groups excluding carboxylic acids is 2. The first kappa shape index (κ1) is 21.2. The zero-order valence-corrected chi connectivity index (χ0v) is 16.6.